The van der Waals surface area contributed by atoms with E-state index < -0.39 is 23.3 Å². The summed E-state index contributed by atoms with van der Waals surface area (Å²) in [5.74, 6) is -1.58. The van der Waals surface area contributed by atoms with Gasteiger partial charge in [-0.3, -0.25) is 10.0 Å². The lowest BCUT2D eigenvalue weighted by molar-refractivity contribution is -0.166. The van der Waals surface area contributed by atoms with Crippen molar-refractivity contribution in [1.82, 2.24) is 9.96 Å². The molecule has 1 N–H and O–H groups in total. The molecule has 0 radical (unpaired) electrons. The van der Waals surface area contributed by atoms with Gasteiger partial charge in [0, 0.05) is 14.1 Å². The maximum Gasteiger partial charge on any atom is 0.348 e. The molecular formula is C13H14N2O5. The molecule has 20 heavy (non-hydrogen) atoms. The van der Waals surface area contributed by atoms with Gasteiger partial charge in [0.2, 0.25) is 11.3 Å². The molecular weight excluding hydrogens is 264 g/mol. The first kappa shape index (κ1) is 14.0. The van der Waals surface area contributed by atoms with E-state index >= 15 is 0 Å². The van der Waals surface area contributed by atoms with Gasteiger partial charge >= 0.3 is 12.0 Å². The molecule has 0 spiro atoms. The number of urea groups is 1. The van der Waals surface area contributed by atoms with E-state index in [0.717, 1.165) is 11.8 Å². The summed E-state index contributed by atoms with van der Waals surface area (Å²) in [7, 11) is 2.78. The molecule has 106 valence electrons. The van der Waals surface area contributed by atoms with Gasteiger partial charge < -0.3 is 9.64 Å². The number of rotatable bonds is 1. The third-order valence-corrected chi connectivity index (χ3v) is 3.16. The fraction of sp³-hybridized carbons (Fsp3) is 0.308. The van der Waals surface area contributed by atoms with Crippen LogP contribution in [0, 0.1) is 0 Å². The Bertz CT molecular complexity index is 598. The molecule has 0 aromatic heterocycles. The van der Waals surface area contributed by atoms with Crippen molar-refractivity contribution in [2.45, 2.75) is 12.5 Å². The summed E-state index contributed by atoms with van der Waals surface area (Å²) in [5, 5.41) is 10.1. The molecule has 0 fully saturated rings. The Morgan fingerprint density at radius 3 is 2.45 bits per heavy atom. The van der Waals surface area contributed by atoms with Crippen molar-refractivity contribution < 1.29 is 24.3 Å². The van der Waals surface area contributed by atoms with Crippen LogP contribution in [0.25, 0.3) is 0 Å². The van der Waals surface area contributed by atoms with Crippen molar-refractivity contribution in [2.75, 3.05) is 14.1 Å². The maximum atomic E-state index is 12.4. The van der Waals surface area contributed by atoms with Crippen molar-refractivity contribution in [2.24, 2.45) is 0 Å². The number of fused-ring (bicyclic) bond motifs is 1. The van der Waals surface area contributed by atoms with Gasteiger partial charge in [-0.1, -0.05) is 12.1 Å². The Hall–Kier alpha value is -2.41. The summed E-state index contributed by atoms with van der Waals surface area (Å²) < 4.78 is 5.04. The van der Waals surface area contributed by atoms with E-state index in [4.69, 9.17) is 4.74 Å². The summed E-state index contributed by atoms with van der Waals surface area (Å²) >= 11 is 0. The van der Waals surface area contributed by atoms with Gasteiger partial charge in [-0.15, -0.1) is 0 Å². The van der Waals surface area contributed by atoms with Crippen LogP contribution in [0.4, 0.5) is 4.79 Å². The van der Waals surface area contributed by atoms with Crippen LogP contribution in [0.3, 0.4) is 0 Å². The average Bonchev–Trinajstić information content (AvgIpc) is 2.43. The number of ether oxygens (including phenoxy) is 1. The smallest absolute Gasteiger partial charge is 0.348 e. The highest BCUT2D eigenvalue weighted by Crippen LogP contribution is 2.33. The Labute approximate surface area is 115 Å². The first-order chi connectivity index (χ1) is 9.30. The molecule has 1 aromatic carbocycles. The van der Waals surface area contributed by atoms with Crippen LogP contribution >= 0.6 is 0 Å². The van der Waals surface area contributed by atoms with Crippen molar-refractivity contribution >= 4 is 17.8 Å². The summed E-state index contributed by atoms with van der Waals surface area (Å²) in [4.78, 5) is 37.3. The zero-order valence-corrected chi connectivity index (χ0v) is 11.3. The summed E-state index contributed by atoms with van der Waals surface area (Å²) in [6.07, 6.45) is 0. The number of nitrogens with zero attached hydrogens (tertiary/aromatic N) is 2. The largest absolute Gasteiger partial charge is 0.424 e. The Morgan fingerprint density at radius 1 is 1.25 bits per heavy atom. The molecule has 0 saturated carbocycles. The zero-order valence-electron chi connectivity index (χ0n) is 11.3. The Morgan fingerprint density at radius 2 is 1.85 bits per heavy atom. The predicted octanol–water partition coefficient (Wildman–Crippen LogP) is 0.920. The van der Waals surface area contributed by atoms with Crippen molar-refractivity contribution in [3.63, 3.8) is 0 Å². The summed E-state index contributed by atoms with van der Waals surface area (Å²) in [6, 6.07) is 5.27. The lowest BCUT2D eigenvalue weighted by atomic mass is 9.88. The second-order valence-electron chi connectivity index (χ2n) is 4.78. The number of hydrogen-bond acceptors (Lipinski definition) is 5. The number of hydrogen-bond donors (Lipinski definition) is 1. The number of carbonyl (C=O) groups excluding carboxylic acids is 3. The molecule has 1 aliphatic heterocycles. The molecule has 0 aliphatic carbocycles. The number of para-hydroxylation sites is 1. The van der Waals surface area contributed by atoms with Crippen LogP contribution in [0.15, 0.2) is 24.3 Å². The molecule has 1 aromatic rings. The first-order valence-electron chi connectivity index (χ1n) is 5.86. The fourth-order valence-electron chi connectivity index (χ4n) is 1.86. The van der Waals surface area contributed by atoms with E-state index in [0.29, 0.717) is 0 Å². The van der Waals surface area contributed by atoms with E-state index in [-0.39, 0.29) is 16.4 Å². The number of esters is 1. The maximum absolute atomic E-state index is 12.4. The molecule has 1 atom stereocenters. The van der Waals surface area contributed by atoms with E-state index in [9.17, 15) is 19.6 Å². The highest BCUT2D eigenvalue weighted by molar-refractivity contribution is 6.21. The minimum Gasteiger partial charge on any atom is -0.424 e. The monoisotopic (exact) mass is 278 g/mol. The molecule has 7 nitrogen and oxygen atoms in total. The molecule has 2 amide bonds. The van der Waals surface area contributed by atoms with Gasteiger partial charge in [0.15, 0.2) is 0 Å². The number of hydroxylamine groups is 2. The van der Waals surface area contributed by atoms with E-state index in [1.54, 1.807) is 12.1 Å². The SMILES string of the molecule is CN(C)C(=O)N(O)C1(C)C(=O)Oc2ccccc2C1=O. The van der Waals surface area contributed by atoms with E-state index in [1.807, 2.05) is 0 Å². The quantitative estimate of drug-likeness (QED) is 0.271. The van der Waals surface area contributed by atoms with Crippen LogP contribution in [0.1, 0.15) is 17.3 Å². The van der Waals surface area contributed by atoms with Crippen LogP contribution < -0.4 is 4.74 Å². The molecule has 1 heterocycles. The third-order valence-electron chi connectivity index (χ3n) is 3.16. The first-order valence-corrected chi connectivity index (χ1v) is 5.86. The molecule has 7 heteroatoms. The molecule has 1 aliphatic rings. The zero-order chi connectivity index (χ0) is 15.1. The Balaban J connectivity index is 2.49. The van der Waals surface area contributed by atoms with Crippen molar-refractivity contribution in [3.05, 3.63) is 29.8 Å². The van der Waals surface area contributed by atoms with Gasteiger partial charge in [0.05, 0.1) is 5.56 Å². The highest BCUT2D eigenvalue weighted by Gasteiger charge is 2.54. The summed E-state index contributed by atoms with van der Waals surface area (Å²) in [5.41, 5.74) is -1.96. The van der Waals surface area contributed by atoms with Gasteiger partial charge in [0.1, 0.15) is 5.75 Å². The van der Waals surface area contributed by atoms with Crippen LogP contribution in [-0.2, 0) is 4.79 Å². The number of amides is 2. The van der Waals surface area contributed by atoms with Gasteiger partial charge in [0.25, 0.3) is 0 Å². The molecule has 2 rings (SSSR count). The van der Waals surface area contributed by atoms with Crippen LogP contribution in [0.5, 0.6) is 5.75 Å². The minimum absolute atomic E-state index is 0.105. The minimum atomic E-state index is -2.10. The van der Waals surface area contributed by atoms with E-state index in [2.05, 4.69) is 0 Å². The van der Waals surface area contributed by atoms with Gasteiger partial charge in [-0.05, 0) is 19.1 Å². The number of benzene rings is 1. The van der Waals surface area contributed by atoms with Crippen LogP contribution in [-0.4, -0.2) is 52.6 Å². The topological polar surface area (TPSA) is 87.2 Å². The van der Waals surface area contributed by atoms with Crippen LogP contribution in [0.2, 0.25) is 0 Å². The van der Waals surface area contributed by atoms with E-state index in [1.165, 1.54) is 26.2 Å². The van der Waals surface area contributed by atoms with Crippen molar-refractivity contribution in [1.29, 1.82) is 0 Å². The van der Waals surface area contributed by atoms with Crippen molar-refractivity contribution in [3.8, 4) is 5.75 Å². The van der Waals surface area contributed by atoms with Gasteiger partial charge in [-0.25, -0.2) is 9.59 Å². The molecule has 0 saturated heterocycles. The standard InChI is InChI=1S/C13H14N2O5/c1-13(15(19)12(18)14(2)3)10(16)8-6-4-5-7-9(8)20-11(13)17/h4-7,19H,1-3H3. The number of ketones is 1. The Kier molecular flexibility index (Phi) is 3.23. The highest BCUT2D eigenvalue weighted by atomic mass is 16.6. The lowest BCUT2D eigenvalue weighted by Crippen LogP contribution is -2.63. The fourth-order valence-corrected chi connectivity index (χ4v) is 1.86. The normalized spacial score (nSPS) is 21.0. The van der Waals surface area contributed by atoms with Gasteiger partial charge in [-0.2, -0.15) is 5.06 Å². The predicted molar refractivity (Wildman–Crippen MR) is 67.5 cm³/mol. The number of carbonyl (C=O) groups is 3. The molecule has 1 unspecified atom stereocenters. The third kappa shape index (κ3) is 1.83. The average molecular weight is 278 g/mol. The number of Topliss-reactive ketones (excluding diaryl/α,β-unsaturated/α-hetero) is 1. The summed E-state index contributed by atoms with van der Waals surface area (Å²) in [6.45, 7) is 1.15. The lowest BCUT2D eigenvalue weighted by Gasteiger charge is -2.36. The second-order valence-corrected chi connectivity index (χ2v) is 4.78. The second kappa shape index (κ2) is 4.61. The molecule has 0 bridgehead atoms.